The molecule has 1 nitrogen and oxygen atoms in total. The largest absolute Gasteiger partial charge is 0.497 e. The van der Waals surface area contributed by atoms with E-state index in [9.17, 15) is 0 Å². The average Bonchev–Trinajstić information content (AvgIpc) is 2.73. The molecule has 0 saturated heterocycles. The first kappa shape index (κ1) is 22.8. The van der Waals surface area contributed by atoms with Gasteiger partial charge in [0.15, 0.2) is 0 Å². The van der Waals surface area contributed by atoms with Gasteiger partial charge in [0.2, 0.25) is 0 Å². The van der Waals surface area contributed by atoms with Gasteiger partial charge in [0, 0.05) is 0 Å². The summed E-state index contributed by atoms with van der Waals surface area (Å²) < 4.78 is 5.31. The van der Waals surface area contributed by atoms with Crippen molar-refractivity contribution in [2.24, 2.45) is 0 Å². The van der Waals surface area contributed by atoms with E-state index in [2.05, 4.69) is 43.3 Å². The van der Waals surface area contributed by atoms with Gasteiger partial charge in [-0.1, -0.05) is 115 Å². The molecule has 28 heavy (non-hydrogen) atoms. The molecular weight excluding hydrogens is 340 g/mol. The van der Waals surface area contributed by atoms with E-state index < -0.39 is 0 Å². The quantitative estimate of drug-likeness (QED) is 0.263. The van der Waals surface area contributed by atoms with Crippen molar-refractivity contribution in [1.82, 2.24) is 0 Å². The minimum atomic E-state index is 0.937. The van der Waals surface area contributed by atoms with Crippen LogP contribution in [0.4, 0.5) is 0 Å². The second-order valence-electron chi connectivity index (χ2n) is 8.39. The van der Waals surface area contributed by atoms with Crippen LogP contribution in [0.2, 0.25) is 0 Å². The van der Waals surface area contributed by atoms with Crippen molar-refractivity contribution in [1.29, 1.82) is 0 Å². The van der Waals surface area contributed by atoms with E-state index in [1.165, 1.54) is 113 Å². The van der Waals surface area contributed by atoms with E-state index in [-0.39, 0.29) is 0 Å². The molecule has 0 saturated carbocycles. The summed E-state index contributed by atoms with van der Waals surface area (Å²) in [6.45, 7) is 2.29. The Kier molecular flexibility index (Phi) is 11.8. The van der Waals surface area contributed by atoms with Gasteiger partial charge in [-0.3, -0.25) is 0 Å². The van der Waals surface area contributed by atoms with Crippen molar-refractivity contribution < 1.29 is 4.74 Å². The monoisotopic (exact) mass is 382 g/mol. The molecule has 0 bridgehead atoms. The highest BCUT2D eigenvalue weighted by atomic mass is 16.5. The number of fused-ring (bicyclic) bond motifs is 1. The molecule has 2 aromatic carbocycles. The Morgan fingerprint density at radius 3 is 1.64 bits per heavy atom. The van der Waals surface area contributed by atoms with Crippen LogP contribution in [0.15, 0.2) is 36.4 Å². The first-order valence-electron chi connectivity index (χ1n) is 11.9. The fourth-order valence-electron chi connectivity index (χ4n) is 4.08. The van der Waals surface area contributed by atoms with E-state index >= 15 is 0 Å². The summed E-state index contributed by atoms with van der Waals surface area (Å²) in [4.78, 5) is 0. The highest BCUT2D eigenvalue weighted by molar-refractivity contribution is 5.84. The van der Waals surface area contributed by atoms with Crippen molar-refractivity contribution in [2.75, 3.05) is 7.11 Å². The molecule has 0 heterocycles. The highest BCUT2D eigenvalue weighted by Gasteiger charge is 2.00. The lowest BCUT2D eigenvalue weighted by Crippen LogP contribution is -1.88. The van der Waals surface area contributed by atoms with Gasteiger partial charge in [0.05, 0.1) is 7.11 Å². The van der Waals surface area contributed by atoms with Crippen molar-refractivity contribution in [3.63, 3.8) is 0 Å². The molecule has 0 radical (unpaired) electrons. The molecule has 0 spiro atoms. The molecule has 0 aliphatic carbocycles. The summed E-state index contributed by atoms with van der Waals surface area (Å²) >= 11 is 0. The number of ether oxygens (including phenoxy) is 1. The second-order valence-corrected chi connectivity index (χ2v) is 8.39. The molecule has 0 fully saturated rings. The summed E-state index contributed by atoms with van der Waals surface area (Å²) in [6.07, 6.45) is 21.1. The molecule has 0 N–H and O–H groups in total. The van der Waals surface area contributed by atoms with Gasteiger partial charge in [-0.25, -0.2) is 0 Å². The molecule has 0 amide bonds. The number of hydrogen-bond acceptors (Lipinski definition) is 1. The molecule has 0 atom stereocenters. The van der Waals surface area contributed by atoms with Crippen LogP contribution in [0, 0.1) is 0 Å². The summed E-state index contributed by atoms with van der Waals surface area (Å²) in [5.74, 6) is 0.937. The standard InChI is InChI=1S/C27H42O/c1-3-4-5-6-7-8-9-10-11-12-13-14-15-16-17-24-18-19-26-23-27(28-2)21-20-25(26)22-24/h18-23H,3-17H2,1-2H3. The van der Waals surface area contributed by atoms with E-state index in [1.54, 1.807) is 7.11 Å². The molecule has 0 aliphatic heterocycles. The Balaban J connectivity index is 1.46. The van der Waals surface area contributed by atoms with Gasteiger partial charge in [-0.15, -0.1) is 0 Å². The van der Waals surface area contributed by atoms with Gasteiger partial charge in [0.1, 0.15) is 5.75 Å². The third-order valence-electron chi connectivity index (χ3n) is 5.93. The van der Waals surface area contributed by atoms with Crippen LogP contribution < -0.4 is 4.74 Å². The van der Waals surface area contributed by atoms with Gasteiger partial charge in [-0.2, -0.15) is 0 Å². The van der Waals surface area contributed by atoms with Crippen LogP contribution in [0.1, 0.15) is 102 Å². The zero-order chi connectivity index (χ0) is 19.9. The number of unbranched alkanes of at least 4 members (excludes halogenated alkanes) is 13. The van der Waals surface area contributed by atoms with E-state index in [0.717, 1.165) is 5.75 Å². The average molecular weight is 383 g/mol. The fraction of sp³-hybridized carbons (Fsp3) is 0.630. The van der Waals surface area contributed by atoms with E-state index in [0.29, 0.717) is 0 Å². The van der Waals surface area contributed by atoms with Gasteiger partial charge >= 0.3 is 0 Å². The summed E-state index contributed by atoms with van der Waals surface area (Å²) in [6, 6.07) is 13.2. The molecule has 0 aromatic heterocycles. The van der Waals surface area contributed by atoms with E-state index in [1.807, 2.05) is 0 Å². The highest BCUT2D eigenvalue weighted by Crippen LogP contribution is 2.23. The first-order valence-corrected chi connectivity index (χ1v) is 11.9. The predicted octanol–water partition coefficient (Wildman–Crippen LogP) is 8.87. The summed E-state index contributed by atoms with van der Waals surface area (Å²) in [7, 11) is 1.73. The van der Waals surface area contributed by atoms with Crippen molar-refractivity contribution in [3.8, 4) is 5.75 Å². The van der Waals surface area contributed by atoms with Crippen molar-refractivity contribution >= 4 is 10.8 Å². The van der Waals surface area contributed by atoms with Crippen LogP contribution in [0.5, 0.6) is 5.75 Å². The first-order chi connectivity index (χ1) is 13.8. The molecule has 0 unspecified atom stereocenters. The van der Waals surface area contributed by atoms with E-state index in [4.69, 9.17) is 4.74 Å². The summed E-state index contributed by atoms with van der Waals surface area (Å²) in [5.41, 5.74) is 1.47. The van der Waals surface area contributed by atoms with Crippen LogP contribution in [0.25, 0.3) is 10.8 Å². The van der Waals surface area contributed by atoms with Crippen LogP contribution >= 0.6 is 0 Å². The van der Waals surface area contributed by atoms with Crippen molar-refractivity contribution in [3.05, 3.63) is 42.0 Å². The third-order valence-corrected chi connectivity index (χ3v) is 5.93. The Labute approximate surface area is 173 Å². The fourth-order valence-corrected chi connectivity index (χ4v) is 4.08. The number of methoxy groups -OCH3 is 1. The number of benzene rings is 2. The lowest BCUT2D eigenvalue weighted by Gasteiger charge is -2.06. The molecule has 0 aliphatic rings. The Morgan fingerprint density at radius 1 is 0.571 bits per heavy atom. The molecule has 1 heteroatoms. The van der Waals surface area contributed by atoms with Crippen LogP contribution in [-0.4, -0.2) is 7.11 Å². The number of rotatable bonds is 16. The molecule has 156 valence electrons. The number of aryl methyl sites for hydroxylation is 1. The Bertz CT molecular complexity index is 646. The Morgan fingerprint density at radius 2 is 1.07 bits per heavy atom. The second kappa shape index (κ2) is 14.5. The predicted molar refractivity (Wildman–Crippen MR) is 125 cm³/mol. The maximum atomic E-state index is 5.31. The zero-order valence-corrected chi connectivity index (χ0v) is 18.5. The lowest BCUT2D eigenvalue weighted by molar-refractivity contribution is 0.415. The minimum Gasteiger partial charge on any atom is -0.497 e. The lowest BCUT2D eigenvalue weighted by atomic mass is 10.0. The van der Waals surface area contributed by atoms with Gasteiger partial charge in [-0.05, 0) is 41.3 Å². The Hall–Kier alpha value is -1.50. The minimum absolute atomic E-state index is 0.937. The van der Waals surface area contributed by atoms with Crippen molar-refractivity contribution in [2.45, 2.75) is 103 Å². The normalized spacial score (nSPS) is 11.2. The van der Waals surface area contributed by atoms with Crippen LogP contribution in [-0.2, 0) is 6.42 Å². The summed E-state index contributed by atoms with van der Waals surface area (Å²) in [5, 5.41) is 2.59. The molecular formula is C27H42O. The third kappa shape index (κ3) is 9.13. The molecule has 2 rings (SSSR count). The van der Waals surface area contributed by atoms with Gasteiger partial charge < -0.3 is 4.74 Å². The SMILES string of the molecule is CCCCCCCCCCCCCCCCc1ccc2cc(OC)ccc2c1. The van der Waals surface area contributed by atoms with Gasteiger partial charge in [0.25, 0.3) is 0 Å². The smallest absolute Gasteiger partial charge is 0.119 e. The topological polar surface area (TPSA) is 9.23 Å². The van der Waals surface area contributed by atoms with Crippen LogP contribution in [0.3, 0.4) is 0 Å². The zero-order valence-electron chi connectivity index (χ0n) is 18.5. The number of hydrogen-bond donors (Lipinski definition) is 0. The molecule has 2 aromatic rings. The maximum absolute atomic E-state index is 5.31. The maximum Gasteiger partial charge on any atom is 0.119 e.